The van der Waals surface area contributed by atoms with Crippen molar-refractivity contribution in [1.29, 1.82) is 0 Å². The lowest BCUT2D eigenvalue weighted by atomic mass is 10.00. The van der Waals surface area contributed by atoms with Crippen LogP contribution in [-0.4, -0.2) is 37.3 Å². The Labute approximate surface area is 102 Å². The molecule has 1 aliphatic rings. The lowest BCUT2D eigenvalue weighted by Gasteiger charge is -2.28. The first-order chi connectivity index (χ1) is 7.26. The Balaban J connectivity index is 0.00000225. The van der Waals surface area contributed by atoms with E-state index in [1.807, 2.05) is 0 Å². The van der Waals surface area contributed by atoms with Gasteiger partial charge in [-0.05, 0) is 32.2 Å². The number of rotatable bonds is 3. The molecule has 0 saturated carbocycles. The molecular formula is C9H19ClN4O2. The molecule has 7 heteroatoms. The fraction of sp³-hybridized carbons (Fsp3) is 0.889. The Hall–Kier alpha value is -0.880. The van der Waals surface area contributed by atoms with Crippen molar-refractivity contribution in [3.63, 3.8) is 0 Å². The molecule has 0 radical (unpaired) electrons. The van der Waals surface area contributed by atoms with E-state index in [0.29, 0.717) is 19.1 Å². The van der Waals surface area contributed by atoms with Crippen molar-refractivity contribution in [1.82, 2.24) is 5.01 Å². The monoisotopic (exact) mass is 250 g/mol. The quantitative estimate of drug-likeness (QED) is 0.772. The van der Waals surface area contributed by atoms with E-state index in [9.17, 15) is 4.79 Å². The molecule has 2 N–H and O–H groups in total. The Morgan fingerprint density at radius 3 is 3.00 bits per heavy atom. The summed E-state index contributed by atoms with van der Waals surface area (Å²) in [7, 11) is 0. The molecule has 16 heavy (non-hydrogen) atoms. The number of hydrogen-bond donors (Lipinski definition) is 1. The van der Waals surface area contributed by atoms with Crippen LogP contribution in [0.25, 0.3) is 0 Å². The van der Waals surface area contributed by atoms with E-state index in [0.717, 1.165) is 25.9 Å². The molecule has 0 aliphatic carbocycles. The highest BCUT2D eigenvalue weighted by molar-refractivity contribution is 5.85. The fourth-order valence-corrected chi connectivity index (χ4v) is 1.57. The van der Waals surface area contributed by atoms with Gasteiger partial charge in [0.05, 0.1) is 6.61 Å². The van der Waals surface area contributed by atoms with Gasteiger partial charge in [-0.3, -0.25) is 5.01 Å². The second-order valence-corrected chi connectivity index (χ2v) is 3.54. The van der Waals surface area contributed by atoms with Crippen molar-refractivity contribution in [3.05, 3.63) is 0 Å². The van der Waals surface area contributed by atoms with Gasteiger partial charge in [-0.2, -0.15) is 0 Å². The van der Waals surface area contributed by atoms with Gasteiger partial charge in [-0.25, -0.2) is 4.79 Å². The first-order valence-electron chi connectivity index (χ1n) is 5.29. The standard InChI is InChI=1S/C9H18N4O2.ClH/c1-2-15-9(14)11-12-13-5-3-4-8(6-10)7-13;/h8H,2-7,10H2,1H3;1H/b12-11+;/t8-;/m0./s1. The van der Waals surface area contributed by atoms with Gasteiger partial charge in [0.1, 0.15) is 0 Å². The molecule has 0 unspecified atom stereocenters. The van der Waals surface area contributed by atoms with Crippen LogP contribution < -0.4 is 5.73 Å². The minimum atomic E-state index is -0.632. The smallest absolute Gasteiger partial charge is 0.447 e. The molecule has 0 aromatic rings. The molecule has 1 rings (SSSR count). The van der Waals surface area contributed by atoms with Crippen LogP contribution in [0.4, 0.5) is 4.79 Å². The zero-order valence-electron chi connectivity index (χ0n) is 9.46. The maximum absolute atomic E-state index is 10.9. The Morgan fingerprint density at radius 2 is 2.38 bits per heavy atom. The Kier molecular flexibility index (Phi) is 7.84. The second kappa shape index (κ2) is 8.29. The summed E-state index contributed by atoms with van der Waals surface area (Å²) in [4.78, 5) is 10.9. The molecule has 1 saturated heterocycles. The summed E-state index contributed by atoms with van der Waals surface area (Å²) < 4.78 is 4.64. The minimum Gasteiger partial charge on any atom is -0.447 e. The lowest BCUT2D eigenvalue weighted by molar-refractivity contribution is 0.145. The number of piperidine rings is 1. The summed E-state index contributed by atoms with van der Waals surface area (Å²) in [6, 6.07) is 0. The fourth-order valence-electron chi connectivity index (χ4n) is 1.57. The van der Waals surface area contributed by atoms with Crippen molar-refractivity contribution in [2.75, 3.05) is 26.2 Å². The van der Waals surface area contributed by atoms with Crippen molar-refractivity contribution in [3.8, 4) is 0 Å². The number of carbonyl (C=O) groups excluding carboxylic acids is 1. The first-order valence-corrected chi connectivity index (χ1v) is 5.29. The topological polar surface area (TPSA) is 80.3 Å². The van der Waals surface area contributed by atoms with Crippen LogP contribution in [0.2, 0.25) is 0 Å². The van der Waals surface area contributed by atoms with Gasteiger partial charge in [-0.15, -0.1) is 12.4 Å². The number of halogens is 1. The average molecular weight is 251 g/mol. The summed E-state index contributed by atoms with van der Waals surface area (Å²) in [5.41, 5.74) is 5.58. The molecule has 94 valence electrons. The first kappa shape index (κ1) is 15.1. The predicted octanol–water partition coefficient (Wildman–Crippen LogP) is 1.60. The molecule has 1 aliphatic heterocycles. The predicted molar refractivity (Wildman–Crippen MR) is 62.5 cm³/mol. The van der Waals surface area contributed by atoms with Gasteiger partial charge in [0, 0.05) is 13.1 Å². The molecule has 6 nitrogen and oxygen atoms in total. The van der Waals surface area contributed by atoms with E-state index in [4.69, 9.17) is 5.73 Å². The summed E-state index contributed by atoms with van der Waals surface area (Å²) in [5, 5.41) is 9.06. The molecule has 0 aromatic carbocycles. The van der Waals surface area contributed by atoms with Crippen molar-refractivity contribution < 1.29 is 9.53 Å². The van der Waals surface area contributed by atoms with Gasteiger partial charge in [0.2, 0.25) is 0 Å². The number of amides is 1. The Morgan fingerprint density at radius 1 is 1.62 bits per heavy atom. The summed E-state index contributed by atoms with van der Waals surface area (Å²) in [6.07, 6.45) is 1.54. The van der Waals surface area contributed by atoms with Crippen LogP contribution in [0.15, 0.2) is 10.3 Å². The zero-order valence-corrected chi connectivity index (χ0v) is 10.3. The van der Waals surface area contributed by atoms with Crippen molar-refractivity contribution in [2.45, 2.75) is 19.8 Å². The summed E-state index contributed by atoms with van der Waals surface area (Å²) in [5.74, 6) is 0.458. The number of nitrogens with two attached hydrogens (primary N) is 1. The van der Waals surface area contributed by atoms with E-state index < -0.39 is 6.09 Å². The molecule has 1 heterocycles. The zero-order chi connectivity index (χ0) is 11.1. The largest absolute Gasteiger partial charge is 0.453 e. The van der Waals surface area contributed by atoms with Crippen molar-refractivity contribution in [2.24, 2.45) is 22.0 Å². The van der Waals surface area contributed by atoms with Crippen LogP contribution in [-0.2, 0) is 4.74 Å². The number of ether oxygens (including phenoxy) is 1. The summed E-state index contributed by atoms with van der Waals surface area (Å²) >= 11 is 0. The SMILES string of the molecule is CCOC(=O)/N=N/N1CCC[C@@H](CN)C1.Cl. The number of hydrogen-bond acceptors (Lipinski definition) is 4. The highest BCUT2D eigenvalue weighted by atomic mass is 35.5. The normalized spacial score (nSPS) is 20.6. The Bertz CT molecular complexity index is 238. The van der Waals surface area contributed by atoms with Gasteiger partial charge in [-0.1, -0.05) is 10.3 Å². The van der Waals surface area contributed by atoms with Gasteiger partial charge < -0.3 is 10.5 Å². The maximum Gasteiger partial charge on any atom is 0.453 e. The van der Waals surface area contributed by atoms with Gasteiger partial charge in [0.15, 0.2) is 0 Å². The van der Waals surface area contributed by atoms with Crippen LogP contribution in [0.1, 0.15) is 19.8 Å². The second-order valence-electron chi connectivity index (χ2n) is 3.54. The van der Waals surface area contributed by atoms with E-state index in [2.05, 4.69) is 15.1 Å². The van der Waals surface area contributed by atoms with Gasteiger partial charge in [0.25, 0.3) is 0 Å². The highest BCUT2D eigenvalue weighted by Gasteiger charge is 2.17. The molecular weight excluding hydrogens is 232 g/mol. The van der Waals surface area contributed by atoms with Crippen LogP contribution in [0.3, 0.4) is 0 Å². The van der Waals surface area contributed by atoms with E-state index in [-0.39, 0.29) is 12.4 Å². The third-order valence-electron chi connectivity index (χ3n) is 2.35. The van der Waals surface area contributed by atoms with E-state index in [1.165, 1.54) is 0 Å². The molecule has 0 bridgehead atoms. The minimum absolute atomic E-state index is 0. The lowest BCUT2D eigenvalue weighted by Crippen LogP contribution is -2.35. The third kappa shape index (κ3) is 5.27. The molecule has 1 atom stereocenters. The highest BCUT2D eigenvalue weighted by Crippen LogP contribution is 2.15. The van der Waals surface area contributed by atoms with Gasteiger partial charge >= 0.3 is 6.09 Å². The van der Waals surface area contributed by atoms with Crippen LogP contribution in [0.5, 0.6) is 0 Å². The number of nitrogens with zero attached hydrogens (tertiary/aromatic N) is 3. The molecule has 1 fully saturated rings. The maximum atomic E-state index is 10.9. The van der Waals surface area contributed by atoms with E-state index in [1.54, 1.807) is 11.9 Å². The van der Waals surface area contributed by atoms with Crippen LogP contribution >= 0.6 is 12.4 Å². The summed E-state index contributed by atoms with van der Waals surface area (Å²) in [6.45, 7) is 4.33. The van der Waals surface area contributed by atoms with E-state index >= 15 is 0 Å². The third-order valence-corrected chi connectivity index (χ3v) is 2.35. The molecule has 0 aromatic heterocycles. The van der Waals surface area contributed by atoms with Crippen molar-refractivity contribution >= 4 is 18.5 Å². The van der Waals surface area contributed by atoms with Crippen LogP contribution in [0, 0.1) is 5.92 Å². The average Bonchev–Trinajstić information content (AvgIpc) is 2.27. The molecule has 1 amide bonds. The molecule has 0 spiro atoms. The number of carbonyl (C=O) groups is 1.